The molecule has 2 fully saturated rings. The highest BCUT2D eigenvalue weighted by Gasteiger charge is 2.71. The minimum absolute atomic E-state index is 0.0246. The highest BCUT2D eigenvalue weighted by molar-refractivity contribution is 8.13. The van der Waals surface area contributed by atoms with Gasteiger partial charge in [-0.15, -0.1) is 0 Å². The maximum atomic E-state index is 12.4. The fourth-order valence-electron chi connectivity index (χ4n) is 4.37. The molecule has 29 heavy (non-hydrogen) atoms. The van der Waals surface area contributed by atoms with Crippen molar-refractivity contribution in [1.29, 1.82) is 0 Å². The molecule has 4 rings (SSSR count). The number of rotatable bonds is 7. The first-order valence-electron chi connectivity index (χ1n) is 9.05. The van der Waals surface area contributed by atoms with E-state index in [4.69, 9.17) is 21.9 Å². The number of nitrogens with zero attached hydrogens (tertiary/aromatic N) is 4. The number of thioether (sulfide) groups is 1. The molecule has 0 amide bonds. The minimum Gasteiger partial charge on any atom is -0.390 e. The maximum Gasteiger partial charge on any atom is 0.226 e. The summed E-state index contributed by atoms with van der Waals surface area (Å²) >= 11 is 7.03. The number of imidazole rings is 1. The Morgan fingerprint density at radius 1 is 1.52 bits per heavy atom. The fourth-order valence-corrected chi connectivity index (χ4v) is 6.73. The van der Waals surface area contributed by atoms with Crippen molar-refractivity contribution in [3.63, 3.8) is 0 Å². The molecule has 10 nitrogen and oxygen atoms in total. The summed E-state index contributed by atoms with van der Waals surface area (Å²) in [6, 6.07) is -0.497. The monoisotopic (exact) mass is 461 g/mol. The van der Waals surface area contributed by atoms with Gasteiger partial charge in [0.2, 0.25) is 5.28 Å². The number of anilines is 1. The molecule has 0 aliphatic heterocycles. The molecule has 0 saturated heterocycles. The van der Waals surface area contributed by atoms with Gasteiger partial charge < -0.3 is 25.0 Å². The predicted octanol–water partition coefficient (Wildman–Crippen LogP) is 1.12. The van der Waals surface area contributed by atoms with Crippen molar-refractivity contribution in [1.82, 2.24) is 19.5 Å². The summed E-state index contributed by atoms with van der Waals surface area (Å²) in [4.78, 5) is 23.2. The Morgan fingerprint density at radius 3 is 3.00 bits per heavy atom. The van der Waals surface area contributed by atoms with Gasteiger partial charge >= 0.3 is 0 Å². The van der Waals surface area contributed by atoms with E-state index in [0.29, 0.717) is 23.3 Å². The number of aliphatic hydroxyl groups excluding tert-OH is 2. The summed E-state index contributed by atoms with van der Waals surface area (Å²) in [6.07, 6.45) is 0.149. The largest absolute Gasteiger partial charge is 0.390 e. The molecule has 2 heterocycles. The third-order valence-corrected chi connectivity index (χ3v) is 8.14. The van der Waals surface area contributed by atoms with Crippen LogP contribution in [0.4, 0.5) is 5.82 Å². The van der Waals surface area contributed by atoms with Crippen LogP contribution >= 0.6 is 31.4 Å². The zero-order chi connectivity index (χ0) is 20.9. The van der Waals surface area contributed by atoms with Crippen LogP contribution < -0.4 is 5.73 Å². The summed E-state index contributed by atoms with van der Waals surface area (Å²) in [7, 11) is -2.43. The SMILES string of the molecule is CC(=O)SCCO[PH](=O)C[C@]12C[C@@H]1[C@@H](n1cnc3c(N)nc(Cl)nc31)[C@H](O)[C@@H]2O. The first-order chi connectivity index (χ1) is 13.7. The van der Waals surface area contributed by atoms with Crippen LogP contribution in [0.15, 0.2) is 6.33 Å². The molecule has 2 aromatic heterocycles. The van der Waals surface area contributed by atoms with Gasteiger partial charge in [-0.25, -0.2) is 4.98 Å². The molecular weight excluding hydrogens is 441 g/mol. The number of aromatic nitrogens is 4. The number of hydrogen-bond donors (Lipinski definition) is 3. The number of carbonyl (C=O) groups excluding carboxylic acids is 1. The summed E-state index contributed by atoms with van der Waals surface area (Å²) in [5.74, 6) is 0.457. The van der Waals surface area contributed by atoms with Crippen LogP contribution in [0.25, 0.3) is 11.2 Å². The van der Waals surface area contributed by atoms with E-state index in [1.54, 1.807) is 4.57 Å². The molecule has 0 bridgehead atoms. The van der Waals surface area contributed by atoms with Gasteiger partial charge in [-0.1, -0.05) is 11.8 Å². The lowest BCUT2D eigenvalue weighted by Crippen LogP contribution is -2.35. The average Bonchev–Trinajstić information content (AvgIpc) is 3.12. The number of halogens is 1. The van der Waals surface area contributed by atoms with E-state index in [1.165, 1.54) is 13.3 Å². The average molecular weight is 462 g/mol. The lowest BCUT2D eigenvalue weighted by molar-refractivity contribution is -0.109. The summed E-state index contributed by atoms with van der Waals surface area (Å²) < 4.78 is 19.4. The van der Waals surface area contributed by atoms with Gasteiger partial charge in [-0.2, -0.15) is 9.97 Å². The Hall–Kier alpha value is -1.23. The predicted molar refractivity (Wildman–Crippen MR) is 109 cm³/mol. The highest BCUT2D eigenvalue weighted by atomic mass is 35.5. The van der Waals surface area contributed by atoms with Crippen LogP contribution in [0.2, 0.25) is 5.28 Å². The van der Waals surface area contributed by atoms with Gasteiger partial charge in [-0.05, 0) is 23.9 Å². The Kier molecular flexibility index (Phi) is 5.65. The molecular formula is C16H21ClN5O5PS. The highest BCUT2D eigenvalue weighted by Crippen LogP contribution is 2.70. The molecule has 2 aliphatic carbocycles. The lowest BCUT2D eigenvalue weighted by atomic mass is 10.0. The normalized spacial score (nSPS) is 31.7. The third-order valence-electron chi connectivity index (χ3n) is 5.72. The third kappa shape index (κ3) is 3.68. The van der Waals surface area contributed by atoms with E-state index in [-0.39, 0.29) is 34.9 Å². The van der Waals surface area contributed by atoms with Crippen LogP contribution in [-0.2, 0) is 13.9 Å². The molecule has 0 radical (unpaired) electrons. The number of hydrogen-bond acceptors (Lipinski definition) is 10. The molecule has 6 atom stereocenters. The standard InChI is InChI=1S/C16H21ClN5O5PS/c1-7(23)29-3-2-27-28(26)5-16-4-8(16)10(11(24)12(16)25)22-6-19-9-13(18)20-15(17)21-14(9)22/h6,8,10-12,24-25,28H,2-5H2,1H3,(H2,18,20,21)/t8-,10-,11+,12+,16-/m1/s1. The maximum absolute atomic E-state index is 12.4. The van der Waals surface area contributed by atoms with E-state index < -0.39 is 31.7 Å². The summed E-state index contributed by atoms with van der Waals surface area (Å²) in [5, 5.41) is 21.4. The fraction of sp³-hybridized carbons (Fsp3) is 0.625. The van der Waals surface area contributed by atoms with Crippen molar-refractivity contribution in [2.75, 3.05) is 24.3 Å². The van der Waals surface area contributed by atoms with E-state index in [9.17, 15) is 19.6 Å². The molecule has 158 valence electrons. The van der Waals surface area contributed by atoms with Crippen molar-refractivity contribution in [2.24, 2.45) is 11.3 Å². The number of nitrogens with two attached hydrogens (primary N) is 1. The van der Waals surface area contributed by atoms with E-state index >= 15 is 0 Å². The molecule has 1 unspecified atom stereocenters. The first kappa shape index (κ1) is 21.0. The van der Waals surface area contributed by atoms with Crippen LogP contribution in [0.5, 0.6) is 0 Å². The summed E-state index contributed by atoms with van der Waals surface area (Å²) in [6.45, 7) is 1.66. The Balaban J connectivity index is 1.50. The van der Waals surface area contributed by atoms with Gasteiger partial charge in [0.05, 0.1) is 25.1 Å². The number of nitrogen functional groups attached to an aromatic ring is 1. The molecule has 2 saturated carbocycles. The van der Waals surface area contributed by atoms with Crippen molar-refractivity contribution in [3.8, 4) is 0 Å². The van der Waals surface area contributed by atoms with Crippen molar-refractivity contribution in [2.45, 2.75) is 31.6 Å². The zero-order valence-electron chi connectivity index (χ0n) is 15.5. The first-order valence-corrected chi connectivity index (χ1v) is 11.9. The van der Waals surface area contributed by atoms with Crippen LogP contribution in [0.3, 0.4) is 0 Å². The van der Waals surface area contributed by atoms with E-state index in [0.717, 1.165) is 11.8 Å². The van der Waals surface area contributed by atoms with Crippen LogP contribution in [-0.4, -0.2) is 65.6 Å². The summed E-state index contributed by atoms with van der Waals surface area (Å²) in [5.41, 5.74) is 5.92. The van der Waals surface area contributed by atoms with Gasteiger partial charge in [0.1, 0.15) is 11.6 Å². The zero-order valence-corrected chi connectivity index (χ0v) is 18.1. The molecule has 4 N–H and O–H groups in total. The molecule has 13 heteroatoms. The minimum atomic E-state index is -2.43. The van der Waals surface area contributed by atoms with Gasteiger partial charge in [0.15, 0.2) is 24.6 Å². The van der Waals surface area contributed by atoms with Crippen LogP contribution in [0, 0.1) is 11.3 Å². The molecule has 2 aliphatic rings. The quantitative estimate of drug-likeness (QED) is 0.310. The second kappa shape index (κ2) is 7.79. The lowest BCUT2D eigenvalue weighted by Gasteiger charge is -2.24. The number of fused-ring (bicyclic) bond motifs is 2. The molecule has 0 spiro atoms. The number of carbonyl (C=O) groups is 1. The van der Waals surface area contributed by atoms with Crippen LogP contribution in [0.1, 0.15) is 19.4 Å². The Bertz CT molecular complexity index is 992. The van der Waals surface area contributed by atoms with Gasteiger partial charge in [0, 0.05) is 24.3 Å². The molecule has 0 aromatic carbocycles. The Morgan fingerprint density at radius 2 is 2.28 bits per heavy atom. The smallest absolute Gasteiger partial charge is 0.226 e. The number of aliphatic hydroxyl groups is 2. The molecule has 2 aromatic rings. The Labute approximate surface area is 176 Å². The van der Waals surface area contributed by atoms with Crippen molar-refractivity contribution in [3.05, 3.63) is 11.6 Å². The van der Waals surface area contributed by atoms with E-state index in [2.05, 4.69) is 15.0 Å². The van der Waals surface area contributed by atoms with E-state index in [1.807, 2.05) is 0 Å². The second-order valence-electron chi connectivity index (χ2n) is 7.41. The second-order valence-corrected chi connectivity index (χ2v) is 10.4. The topological polar surface area (TPSA) is 153 Å². The van der Waals surface area contributed by atoms with Crippen molar-refractivity contribution >= 4 is 53.5 Å². The van der Waals surface area contributed by atoms with Crippen molar-refractivity contribution < 1.29 is 24.1 Å². The van der Waals surface area contributed by atoms with Gasteiger partial charge in [0.25, 0.3) is 0 Å². The van der Waals surface area contributed by atoms with Gasteiger partial charge in [-0.3, -0.25) is 9.36 Å².